The van der Waals surface area contributed by atoms with Crippen molar-refractivity contribution < 1.29 is 0 Å². The second-order valence-corrected chi connectivity index (χ2v) is 5.49. The average molecular weight is 274 g/mol. The lowest BCUT2D eigenvalue weighted by Gasteiger charge is -2.30. The molecule has 1 aliphatic heterocycles. The number of hydrogen-bond acceptors (Lipinski definition) is 5. The highest BCUT2D eigenvalue weighted by molar-refractivity contribution is 7.99. The number of thioether (sulfide) groups is 1. The van der Waals surface area contributed by atoms with Crippen LogP contribution in [0.3, 0.4) is 0 Å². The Morgan fingerprint density at radius 2 is 1.95 bits per heavy atom. The minimum Gasteiger partial charge on any atom is -0.342 e. The van der Waals surface area contributed by atoms with Gasteiger partial charge in [0.05, 0.1) is 5.88 Å². The van der Waals surface area contributed by atoms with Crippen LogP contribution in [-0.4, -0.2) is 20.6 Å². The van der Waals surface area contributed by atoms with Crippen molar-refractivity contribution in [2.75, 3.05) is 10.8 Å². The Morgan fingerprint density at radius 3 is 2.68 bits per heavy atom. The summed E-state index contributed by atoms with van der Waals surface area (Å²) >= 11 is 1.53. The van der Waals surface area contributed by atoms with Gasteiger partial charge in [-0.3, -0.25) is 4.79 Å². The van der Waals surface area contributed by atoms with Gasteiger partial charge in [0.2, 0.25) is 0 Å². The number of rotatable bonds is 1. The zero-order chi connectivity index (χ0) is 13.4. The first kappa shape index (κ1) is 12.2. The van der Waals surface area contributed by atoms with Crippen molar-refractivity contribution in [3.05, 3.63) is 45.9 Å². The third-order valence-corrected chi connectivity index (χ3v) is 4.05. The van der Waals surface area contributed by atoms with E-state index in [1.54, 1.807) is 11.6 Å². The number of benzene rings is 1. The van der Waals surface area contributed by atoms with Crippen LogP contribution in [0.2, 0.25) is 0 Å². The summed E-state index contributed by atoms with van der Waals surface area (Å²) in [6, 6.07) is 8.39. The second kappa shape index (κ2) is 4.70. The molecule has 0 radical (unpaired) electrons. The topological polar surface area (TPSA) is 51.0 Å². The molecule has 1 aromatic carbocycles. The quantitative estimate of drug-likeness (QED) is 0.793. The lowest BCUT2D eigenvalue weighted by Crippen LogP contribution is -2.35. The van der Waals surface area contributed by atoms with Crippen molar-refractivity contribution in [2.45, 2.75) is 25.7 Å². The molecule has 0 amide bonds. The number of aryl methyl sites for hydroxylation is 2. The zero-order valence-electron chi connectivity index (χ0n) is 10.8. The summed E-state index contributed by atoms with van der Waals surface area (Å²) < 4.78 is 1.78. The fraction of sp³-hybridized carbons (Fsp3) is 0.308. The predicted molar refractivity (Wildman–Crippen MR) is 75.4 cm³/mol. The number of anilines is 1. The maximum atomic E-state index is 11.5. The van der Waals surface area contributed by atoms with Gasteiger partial charge in [0.25, 0.3) is 5.56 Å². The van der Waals surface area contributed by atoms with Crippen LogP contribution in [-0.2, 0) is 6.67 Å². The Bertz CT molecular complexity index is 665. The summed E-state index contributed by atoms with van der Waals surface area (Å²) in [4.78, 5) is 17.7. The molecule has 6 heteroatoms. The van der Waals surface area contributed by atoms with E-state index in [4.69, 9.17) is 0 Å². The van der Waals surface area contributed by atoms with E-state index < -0.39 is 0 Å². The first-order valence-corrected chi connectivity index (χ1v) is 7.02. The minimum absolute atomic E-state index is 0.234. The van der Waals surface area contributed by atoms with Crippen LogP contribution in [0.1, 0.15) is 11.3 Å². The molecule has 5 nitrogen and oxygen atoms in total. The highest BCUT2D eigenvalue weighted by Gasteiger charge is 2.19. The maximum Gasteiger partial charge on any atom is 0.295 e. The Labute approximate surface area is 115 Å². The monoisotopic (exact) mass is 274 g/mol. The summed E-state index contributed by atoms with van der Waals surface area (Å²) in [7, 11) is 0. The van der Waals surface area contributed by atoms with Gasteiger partial charge in [-0.25, -0.2) is 4.68 Å². The number of aromatic nitrogens is 3. The molecule has 0 N–H and O–H groups in total. The molecule has 1 aromatic heterocycles. The van der Waals surface area contributed by atoms with Gasteiger partial charge in [-0.05, 0) is 26.0 Å². The predicted octanol–water partition coefficient (Wildman–Crippen LogP) is 1.78. The standard InChI is InChI=1S/C13H14N4OS/c1-9-3-5-11(6-4-9)16-7-17-13(19-8-16)14-12(18)10(2)15-17/h3-6H,7-8H2,1-2H3. The summed E-state index contributed by atoms with van der Waals surface area (Å²) in [5.74, 6) is 0.778. The number of nitrogens with zero attached hydrogens (tertiary/aromatic N) is 4. The van der Waals surface area contributed by atoms with E-state index in [2.05, 4.69) is 46.2 Å². The van der Waals surface area contributed by atoms with E-state index >= 15 is 0 Å². The molecule has 0 bridgehead atoms. The Hall–Kier alpha value is -1.82. The fourth-order valence-electron chi connectivity index (χ4n) is 1.94. The Balaban J connectivity index is 1.91. The van der Waals surface area contributed by atoms with Crippen LogP contribution in [0, 0.1) is 13.8 Å². The van der Waals surface area contributed by atoms with Crippen LogP contribution in [0.15, 0.2) is 34.2 Å². The molecule has 3 rings (SSSR count). The molecule has 0 atom stereocenters. The van der Waals surface area contributed by atoms with Gasteiger partial charge in [-0.15, -0.1) is 0 Å². The minimum atomic E-state index is -0.234. The van der Waals surface area contributed by atoms with Crippen LogP contribution in [0.25, 0.3) is 0 Å². The van der Waals surface area contributed by atoms with E-state index in [1.807, 2.05) is 0 Å². The largest absolute Gasteiger partial charge is 0.342 e. The Morgan fingerprint density at radius 1 is 1.21 bits per heavy atom. The van der Waals surface area contributed by atoms with Gasteiger partial charge in [-0.2, -0.15) is 10.1 Å². The molecule has 0 aliphatic carbocycles. The maximum absolute atomic E-state index is 11.5. The first-order valence-electron chi connectivity index (χ1n) is 6.04. The second-order valence-electron chi connectivity index (χ2n) is 4.57. The van der Waals surface area contributed by atoms with Gasteiger partial charge >= 0.3 is 0 Å². The molecular formula is C13H14N4OS. The first-order chi connectivity index (χ1) is 9.13. The number of hydrogen-bond donors (Lipinski definition) is 0. The van der Waals surface area contributed by atoms with E-state index in [1.165, 1.54) is 17.3 Å². The smallest absolute Gasteiger partial charge is 0.295 e. The van der Waals surface area contributed by atoms with Crippen LogP contribution in [0.5, 0.6) is 0 Å². The van der Waals surface area contributed by atoms with Gasteiger partial charge in [0, 0.05) is 5.69 Å². The average Bonchev–Trinajstić information content (AvgIpc) is 2.40. The van der Waals surface area contributed by atoms with Gasteiger partial charge < -0.3 is 4.90 Å². The van der Waals surface area contributed by atoms with Crippen molar-refractivity contribution in [3.63, 3.8) is 0 Å². The van der Waals surface area contributed by atoms with Crippen LogP contribution in [0.4, 0.5) is 5.69 Å². The lowest BCUT2D eigenvalue weighted by atomic mass is 10.2. The summed E-state index contributed by atoms with van der Waals surface area (Å²) in [6.07, 6.45) is 0. The number of fused-ring (bicyclic) bond motifs is 1. The van der Waals surface area contributed by atoms with Gasteiger partial charge in [0.15, 0.2) is 5.16 Å². The third kappa shape index (κ3) is 2.35. The molecule has 0 fully saturated rings. The van der Waals surface area contributed by atoms with Crippen molar-refractivity contribution in [3.8, 4) is 0 Å². The Kier molecular flexibility index (Phi) is 3.02. The van der Waals surface area contributed by atoms with E-state index in [0.29, 0.717) is 17.5 Å². The highest BCUT2D eigenvalue weighted by atomic mass is 32.2. The summed E-state index contributed by atoms with van der Waals surface area (Å²) in [6.45, 7) is 4.39. The van der Waals surface area contributed by atoms with Gasteiger partial charge in [0.1, 0.15) is 12.4 Å². The van der Waals surface area contributed by atoms with Crippen molar-refractivity contribution in [1.82, 2.24) is 14.8 Å². The molecule has 2 aromatic rings. The molecule has 19 heavy (non-hydrogen) atoms. The summed E-state index contributed by atoms with van der Waals surface area (Å²) in [5.41, 5.74) is 2.60. The zero-order valence-corrected chi connectivity index (χ0v) is 11.6. The van der Waals surface area contributed by atoms with Crippen molar-refractivity contribution in [1.29, 1.82) is 0 Å². The lowest BCUT2D eigenvalue weighted by molar-refractivity contribution is 0.489. The summed E-state index contributed by atoms with van der Waals surface area (Å²) in [5, 5.41) is 4.98. The third-order valence-electron chi connectivity index (χ3n) is 3.05. The molecular weight excluding hydrogens is 260 g/mol. The van der Waals surface area contributed by atoms with Crippen LogP contribution >= 0.6 is 11.8 Å². The van der Waals surface area contributed by atoms with E-state index in [9.17, 15) is 4.79 Å². The molecule has 0 spiro atoms. The molecule has 1 aliphatic rings. The van der Waals surface area contributed by atoms with Crippen LogP contribution < -0.4 is 10.5 Å². The normalized spacial score (nSPS) is 14.3. The van der Waals surface area contributed by atoms with E-state index in [-0.39, 0.29) is 5.56 Å². The molecule has 0 saturated carbocycles. The molecule has 98 valence electrons. The molecule has 2 heterocycles. The fourth-order valence-corrected chi connectivity index (χ4v) is 2.84. The van der Waals surface area contributed by atoms with Crippen molar-refractivity contribution in [2.24, 2.45) is 0 Å². The SMILES string of the molecule is Cc1ccc(N2CSc3nc(=O)c(C)nn3C2)cc1. The van der Waals surface area contributed by atoms with E-state index in [0.717, 1.165) is 11.6 Å². The van der Waals surface area contributed by atoms with Crippen molar-refractivity contribution >= 4 is 17.4 Å². The molecule has 0 saturated heterocycles. The molecule has 0 unspecified atom stereocenters. The van der Waals surface area contributed by atoms with Gasteiger partial charge in [-0.1, -0.05) is 29.5 Å². The highest BCUT2D eigenvalue weighted by Crippen LogP contribution is 2.26.